The zero-order valence-corrected chi connectivity index (χ0v) is 24.7. The van der Waals surface area contributed by atoms with E-state index in [1.54, 1.807) is 0 Å². The average Bonchev–Trinajstić information content (AvgIpc) is 2.96. The number of amides is 1. The summed E-state index contributed by atoms with van der Waals surface area (Å²) in [6.45, 7) is 10.6. The molecule has 1 fully saturated rings. The Morgan fingerprint density at radius 2 is 1.74 bits per heavy atom. The van der Waals surface area contributed by atoms with Crippen LogP contribution in [0.3, 0.4) is 0 Å². The van der Waals surface area contributed by atoms with E-state index in [2.05, 4.69) is 72.0 Å². The van der Waals surface area contributed by atoms with E-state index in [9.17, 15) is 4.79 Å². The number of carbonyl (C=O) groups excluding carboxylic acids is 1. The molecular weight excluding hydrogens is 502 g/mol. The van der Waals surface area contributed by atoms with E-state index >= 15 is 0 Å². The fourth-order valence-corrected chi connectivity index (χ4v) is 5.54. The quantitative estimate of drug-likeness (QED) is 0.215. The molecule has 39 heavy (non-hydrogen) atoms. The number of rotatable bonds is 12. The molecular formula is C34H44ClN3O. The number of piperidine rings is 1. The Kier molecular flexibility index (Phi) is 11.0. The maximum Gasteiger partial charge on any atom is 0.272 e. The lowest BCUT2D eigenvalue weighted by molar-refractivity contribution is 0.0540. The van der Waals surface area contributed by atoms with Crippen LogP contribution in [0.5, 0.6) is 0 Å². The topological polar surface area (TPSA) is 36.4 Å². The van der Waals surface area contributed by atoms with E-state index in [0.29, 0.717) is 18.2 Å². The Balaban J connectivity index is 1.49. The van der Waals surface area contributed by atoms with Crippen molar-refractivity contribution in [3.05, 3.63) is 88.7 Å². The summed E-state index contributed by atoms with van der Waals surface area (Å²) in [5.41, 5.74) is 5.11. The minimum Gasteiger partial charge on any atom is -0.330 e. The molecule has 0 N–H and O–H groups in total. The van der Waals surface area contributed by atoms with Crippen molar-refractivity contribution in [2.45, 2.75) is 78.3 Å². The minimum atomic E-state index is 0.0367. The van der Waals surface area contributed by atoms with Gasteiger partial charge in [-0.15, -0.1) is 0 Å². The van der Waals surface area contributed by atoms with Crippen molar-refractivity contribution < 1.29 is 4.79 Å². The van der Waals surface area contributed by atoms with Crippen LogP contribution in [-0.4, -0.2) is 46.4 Å². The van der Waals surface area contributed by atoms with E-state index in [1.807, 2.05) is 30.5 Å². The first-order valence-electron chi connectivity index (χ1n) is 14.8. The molecule has 4 nitrogen and oxygen atoms in total. The van der Waals surface area contributed by atoms with Gasteiger partial charge in [0.2, 0.25) is 0 Å². The molecule has 3 aromatic rings. The minimum absolute atomic E-state index is 0.0367. The molecule has 0 aliphatic carbocycles. The highest BCUT2D eigenvalue weighted by Crippen LogP contribution is 2.26. The Morgan fingerprint density at radius 3 is 2.38 bits per heavy atom. The van der Waals surface area contributed by atoms with Gasteiger partial charge in [0.15, 0.2) is 0 Å². The molecule has 0 radical (unpaired) electrons. The summed E-state index contributed by atoms with van der Waals surface area (Å²) in [6, 6.07) is 20.7. The lowest BCUT2D eigenvalue weighted by Crippen LogP contribution is -2.47. The monoisotopic (exact) mass is 545 g/mol. The number of halogens is 1. The summed E-state index contributed by atoms with van der Waals surface area (Å²) < 4.78 is 0. The second-order valence-corrected chi connectivity index (χ2v) is 11.8. The summed E-state index contributed by atoms with van der Waals surface area (Å²) in [5, 5.41) is 0.733. The molecule has 5 heteroatoms. The predicted octanol–water partition coefficient (Wildman–Crippen LogP) is 8.29. The number of unbranched alkanes of at least 4 members (excludes halogenated alkanes) is 2. The summed E-state index contributed by atoms with van der Waals surface area (Å²) in [6.07, 6.45) is 9.73. The van der Waals surface area contributed by atoms with Crippen LogP contribution in [0.15, 0.2) is 66.9 Å². The van der Waals surface area contributed by atoms with E-state index in [1.165, 1.54) is 24.8 Å². The Hall–Kier alpha value is -2.69. The molecule has 1 amide bonds. The van der Waals surface area contributed by atoms with Crippen LogP contribution in [0.2, 0.25) is 5.02 Å². The second kappa shape index (κ2) is 14.6. The van der Waals surface area contributed by atoms with Crippen molar-refractivity contribution in [2.24, 2.45) is 5.92 Å². The molecule has 2 heterocycles. The van der Waals surface area contributed by atoms with Crippen molar-refractivity contribution in [3.8, 4) is 11.1 Å². The van der Waals surface area contributed by atoms with Gasteiger partial charge in [0.25, 0.3) is 5.91 Å². The first-order chi connectivity index (χ1) is 18.9. The first-order valence-corrected chi connectivity index (χ1v) is 15.1. The molecule has 0 atom stereocenters. The molecule has 2 aromatic carbocycles. The summed E-state index contributed by atoms with van der Waals surface area (Å²) in [7, 11) is 0. The van der Waals surface area contributed by atoms with Gasteiger partial charge in [0.05, 0.1) is 0 Å². The molecule has 1 aromatic heterocycles. The fraction of sp³-hybridized carbons (Fsp3) is 0.471. The van der Waals surface area contributed by atoms with Crippen LogP contribution in [0, 0.1) is 5.92 Å². The number of benzene rings is 2. The highest BCUT2D eigenvalue weighted by molar-refractivity contribution is 6.30. The third-order valence-electron chi connectivity index (χ3n) is 7.86. The van der Waals surface area contributed by atoms with Crippen LogP contribution >= 0.6 is 11.6 Å². The Labute approximate surface area is 240 Å². The number of aryl methyl sites for hydroxylation is 1. The van der Waals surface area contributed by atoms with Crippen molar-refractivity contribution in [3.63, 3.8) is 0 Å². The lowest BCUT2D eigenvalue weighted by Gasteiger charge is -2.38. The molecule has 1 aliphatic heterocycles. The fourth-order valence-electron chi connectivity index (χ4n) is 5.35. The van der Waals surface area contributed by atoms with Crippen molar-refractivity contribution in [2.75, 3.05) is 19.6 Å². The van der Waals surface area contributed by atoms with Gasteiger partial charge in [-0.1, -0.05) is 87.7 Å². The normalized spacial score (nSPS) is 14.6. The summed E-state index contributed by atoms with van der Waals surface area (Å²) in [5.74, 6) is 0.751. The van der Waals surface area contributed by atoms with Gasteiger partial charge in [-0.05, 0) is 85.0 Å². The number of nitrogens with zero attached hydrogens (tertiary/aromatic N) is 3. The first kappa shape index (κ1) is 29.3. The zero-order valence-electron chi connectivity index (χ0n) is 23.9. The van der Waals surface area contributed by atoms with Crippen molar-refractivity contribution in [1.82, 2.24) is 14.8 Å². The van der Waals surface area contributed by atoms with Crippen molar-refractivity contribution in [1.29, 1.82) is 0 Å². The third kappa shape index (κ3) is 8.65. The Morgan fingerprint density at radius 1 is 1.00 bits per heavy atom. The maximum atomic E-state index is 13.9. The molecule has 208 valence electrons. The van der Waals surface area contributed by atoms with Gasteiger partial charge in [-0.25, -0.2) is 0 Å². The molecule has 1 aliphatic rings. The number of likely N-dealkylation sites (tertiary alicyclic amines) is 1. The van der Waals surface area contributed by atoms with Crippen LogP contribution in [0.4, 0.5) is 0 Å². The predicted molar refractivity (Wildman–Crippen MR) is 163 cm³/mol. The number of pyridine rings is 1. The smallest absolute Gasteiger partial charge is 0.272 e. The van der Waals surface area contributed by atoms with Gasteiger partial charge in [-0.3, -0.25) is 9.78 Å². The molecule has 0 saturated carbocycles. The van der Waals surface area contributed by atoms with Crippen LogP contribution < -0.4 is 0 Å². The van der Waals surface area contributed by atoms with Gasteiger partial charge in [0, 0.05) is 36.9 Å². The van der Waals surface area contributed by atoms with E-state index in [-0.39, 0.29) is 11.9 Å². The van der Waals surface area contributed by atoms with Crippen molar-refractivity contribution >= 4 is 17.5 Å². The number of hydrogen-bond acceptors (Lipinski definition) is 3. The number of carbonyl (C=O) groups is 1. The van der Waals surface area contributed by atoms with Crippen LogP contribution in [0.1, 0.15) is 80.9 Å². The number of hydrogen-bond donors (Lipinski definition) is 0. The molecule has 0 unspecified atom stereocenters. The van der Waals surface area contributed by atoms with Gasteiger partial charge < -0.3 is 9.80 Å². The third-order valence-corrected chi connectivity index (χ3v) is 8.09. The molecule has 0 spiro atoms. The highest BCUT2D eigenvalue weighted by Gasteiger charge is 2.29. The molecule has 4 rings (SSSR count). The van der Waals surface area contributed by atoms with Crippen LogP contribution in [0.25, 0.3) is 11.1 Å². The summed E-state index contributed by atoms with van der Waals surface area (Å²) >= 11 is 6.21. The standard InChI is InChI=1S/C34H44ClN3O/c1-4-5-6-8-27-13-16-33(36-24-27)34(39)38(32-18-21-37(22-19-32)20-17-26(2)3)25-28-11-14-29(15-12-28)30-9-7-10-31(35)23-30/h7,9-16,23-24,26,32H,4-6,8,17-22,25H2,1-3H3. The van der Waals surface area contributed by atoms with E-state index in [4.69, 9.17) is 11.6 Å². The molecule has 1 saturated heterocycles. The van der Waals surface area contributed by atoms with Gasteiger partial charge in [-0.2, -0.15) is 0 Å². The molecule has 0 bridgehead atoms. The van der Waals surface area contributed by atoms with Gasteiger partial charge in [0.1, 0.15) is 5.69 Å². The maximum absolute atomic E-state index is 13.9. The van der Waals surface area contributed by atoms with Gasteiger partial charge >= 0.3 is 0 Å². The largest absolute Gasteiger partial charge is 0.330 e. The Bertz CT molecular complexity index is 1170. The second-order valence-electron chi connectivity index (χ2n) is 11.4. The van der Waals surface area contributed by atoms with E-state index in [0.717, 1.165) is 67.0 Å². The highest BCUT2D eigenvalue weighted by atomic mass is 35.5. The summed E-state index contributed by atoms with van der Waals surface area (Å²) in [4.78, 5) is 23.1. The number of aromatic nitrogens is 1. The lowest BCUT2D eigenvalue weighted by atomic mass is 9.99. The van der Waals surface area contributed by atoms with E-state index < -0.39 is 0 Å². The van der Waals surface area contributed by atoms with Crippen LogP contribution in [-0.2, 0) is 13.0 Å². The average molecular weight is 546 g/mol. The SMILES string of the molecule is CCCCCc1ccc(C(=O)N(Cc2ccc(-c3cccc(Cl)c3)cc2)C2CCN(CCC(C)C)CC2)nc1. The zero-order chi connectivity index (χ0) is 27.6.